The fourth-order valence-electron chi connectivity index (χ4n) is 1.08. The molecule has 0 fully saturated rings. The lowest BCUT2D eigenvalue weighted by Crippen LogP contribution is -2.22. The molecule has 17 heavy (non-hydrogen) atoms. The van der Waals surface area contributed by atoms with Gasteiger partial charge in [-0.05, 0) is 38.5 Å². The van der Waals surface area contributed by atoms with Gasteiger partial charge in [0.25, 0.3) is 0 Å². The minimum atomic E-state index is -0.927. The third kappa shape index (κ3) is 5.15. The van der Waals surface area contributed by atoms with E-state index in [1.807, 2.05) is 12.1 Å². The minimum absolute atomic E-state index is 0.110. The Morgan fingerprint density at radius 2 is 2.24 bits per heavy atom. The SMILES string of the molecule is CCC(C)(C)OCc1ccc(C=CC(=O)O)s1. The monoisotopic (exact) mass is 254 g/mol. The van der Waals surface area contributed by atoms with E-state index in [-0.39, 0.29) is 5.60 Å². The maximum atomic E-state index is 10.4. The molecule has 1 aromatic rings. The molecule has 0 unspecified atom stereocenters. The summed E-state index contributed by atoms with van der Waals surface area (Å²) in [5, 5.41) is 8.52. The highest BCUT2D eigenvalue weighted by molar-refractivity contribution is 7.12. The second-order valence-electron chi connectivity index (χ2n) is 4.38. The summed E-state index contributed by atoms with van der Waals surface area (Å²) < 4.78 is 5.77. The standard InChI is InChI=1S/C13H18O3S/c1-4-13(2,3)16-9-11-6-5-10(17-11)7-8-12(14)15/h5-8H,4,9H2,1-3H3,(H,14,15). The van der Waals surface area contributed by atoms with E-state index in [1.54, 1.807) is 17.4 Å². The van der Waals surface area contributed by atoms with E-state index in [9.17, 15) is 4.79 Å². The highest BCUT2D eigenvalue weighted by atomic mass is 32.1. The molecule has 0 saturated heterocycles. The van der Waals surface area contributed by atoms with Crippen LogP contribution in [0.5, 0.6) is 0 Å². The second-order valence-corrected chi connectivity index (χ2v) is 5.58. The minimum Gasteiger partial charge on any atom is -0.478 e. The van der Waals surface area contributed by atoms with Crippen LogP contribution in [0.4, 0.5) is 0 Å². The summed E-state index contributed by atoms with van der Waals surface area (Å²) in [6.45, 7) is 6.79. The van der Waals surface area contributed by atoms with Gasteiger partial charge < -0.3 is 9.84 Å². The lowest BCUT2D eigenvalue weighted by molar-refractivity contribution is -0.131. The number of thiophene rings is 1. The van der Waals surface area contributed by atoms with Gasteiger partial charge in [0.1, 0.15) is 0 Å². The molecule has 1 heterocycles. The molecular formula is C13H18O3S. The van der Waals surface area contributed by atoms with Gasteiger partial charge in [-0.15, -0.1) is 11.3 Å². The molecule has 0 spiro atoms. The molecule has 0 aliphatic carbocycles. The molecule has 1 aromatic heterocycles. The summed E-state index contributed by atoms with van der Waals surface area (Å²) in [5.74, 6) is -0.927. The van der Waals surface area contributed by atoms with Gasteiger partial charge >= 0.3 is 5.97 Å². The molecule has 0 atom stereocenters. The van der Waals surface area contributed by atoms with Crippen molar-refractivity contribution < 1.29 is 14.6 Å². The Bertz CT molecular complexity index is 405. The van der Waals surface area contributed by atoms with Gasteiger partial charge in [-0.1, -0.05) is 6.92 Å². The quantitative estimate of drug-likeness (QED) is 0.790. The van der Waals surface area contributed by atoms with Gasteiger partial charge in [0, 0.05) is 15.8 Å². The molecule has 0 aromatic carbocycles. The van der Waals surface area contributed by atoms with Gasteiger partial charge in [0.05, 0.1) is 12.2 Å². The van der Waals surface area contributed by atoms with E-state index in [1.165, 1.54) is 0 Å². The molecular weight excluding hydrogens is 236 g/mol. The summed E-state index contributed by atoms with van der Waals surface area (Å²) in [7, 11) is 0. The van der Waals surface area contributed by atoms with Crippen LogP contribution in [0, 0.1) is 0 Å². The van der Waals surface area contributed by atoms with Crippen molar-refractivity contribution in [1.29, 1.82) is 0 Å². The lowest BCUT2D eigenvalue weighted by Gasteiger charge is -2.22. The Hall–Kier alpha value is -1.13. The van der Waals surface area contributed by atoms with Crippen molar-refractivity contribution in [3.8, 4) is 0 Å². The summed E-state index contributed by atoms with van der Waals surface area (Å²) >= 11 is 1.55. The summed E-state index contributed by atoms with van der Waals surface area (Å²) in [6, 6.07) is 3.87. The van der Waals surface area contributed by atoms with Gasteiger partial charge in [0.15, 0.2) is 0 Å². The van der Waals surface area contributed by atoms with Crippen molar-refractivity contribution in [2.24, 2.45) is 0 Å². The number of hydrogen-bond acceptors (Lipinski definition) is 3. The van der Waals surface area contributed by atoms with Crippen molar-refractivity contribution >= 4 is 23.4 Å². The number of rotatable bonds is 6. The zero-order valence-electron chi connectivity index (χ0n) is 10.4. The fourth-order valence-corrected chi connectivity index (χ4v) is 1.91. The van der Waals surface area contributed by atoms with E-state index in [4.69, 9.17) is 9.84 Å². The predicted octanol–water partition coefficient (Wildman–Crippen LogP) is 3.55. The maximum Gasteiger partial charge on any atom is 0.328 e. The van der Waals surface area contributed by atoms with Crippen LogP contribution in [-0.2, 0) is 16.1 Å². The molecule has 1 N–H and O–H groups in total. The Kier molecular flexibility index (Phi) is 4.90. The first kappa shape index (κ1) is 13.9. The van der Waals surface area contributed by atoms with Gasteiger partial charge in [-0.25, -0.2) is 4.79 Å². The summed E-state index contributed by atoms with van der Waals surface area (Å²) in [5.41, 5.74) is -0.110. The Morgan fingerprint density at radius 1 is 1.53 bits per heavy atom. The van der Waals surface area contributed by atoms with Crippen LogP contribution in [0.25, 0.3) is 6.08 Å². The van der Waals surface area contributed by atoms with E-state index in [0.717, 1.165) is 22.3 Å². The molecule has 3 nitrogen and oxygen atoms in total. The summed E-state index contributed by atoms with van der Waals surface area (Å²) in [6.07, 6.45) is 3.71. The molecule has 0 amide bonds. The fraction of sp³-hybridized carbons (Fsp3) is 0.462. The van der Waals surface area contributed by atoms with E-state index < -0.39 is 5.97 Å². The molecule has 0 aliphatic rings. The number of carboxylic acid groups (broad SMARTS) is 1. The maximum absolute atomic E-state index is 10.4. The summed E-state index contributed by atoms with van der Waals surface area (Å²) in [4.78, 5) is 12.4. The first-order chi connectivity index (χ1) is 7.93. The molecule has 0 radical (unpaired) electrons. The van der Waals surface area contributed by atoms with Crippen LogP contribution in [-0.4, -0.2) is 16.7 Å². The smallest absolute Gasteiger partial charge is 0.328 e. The first-order valence-electron chi connectivity index (χ1n) is 5.56. The Labute approximate surface area is 106 Å². The highest BCUT2D eigenvalue weighted by Gasteiger charge is 2.15. The van der Waals surface area contributed by atoms with E-state index >= 15 is 0 Å². The topological polar surface area (TPSA) is 46.5 Å². The Morgan fingerprint density at radius 3 is 2.82 bits per heavy atom. The van der Waals surface area contributed by atoms with Crippen molar-refractivity contribution in [2.45, 2.75) is 39.4 Å². The predicted molar refractivity (Wildman–Crippen MR) is 70.1 cm³/mol. The number of carboxylic acids is 1. The van der Waals surface area contributed by atoms with Crippen molar-refractivity contribution in [3.05, 3.63) is 28.0 Å². The average Bonchev–Trinajstić information content (AvgIpc) is 2.72. The molecule has 4 heteroatoms. The third-order valence-electron chi connectivity index (χ3n) is 2.53. The molecule has 94 valence electrons. The van der Waals surface area contributed by atoms with Crippen LogP contribution < -0.4 is 0 Å². The molecule has 0 aliphatic heterocycles. The normalized spacial score (nSPS) is 12.2. The van der Waals surface area contributed by atoms with Crippen LogP contribution in [0.15, 0.2) is 18.2 Å². The van der Waals surface area contributed by atoms with Gasteiger partial charge in [-0.2, -0.15) is 0 Å². The van der Waals surface area contributed by atoms with Crippen LogP contribution in [0.2, 0.25) is 0 Å². The lowest BCUT2D eigenvalue weighted by atomic mass is 10.1. The number of hydrogen-bond donors (Lipinski definition) is 1. The molecule has 1 rings (SSSR count). The highest BCUT2D eigenvalue weighted by Crippen LogP contribution is 2.22. The third-order valence-corrected chi connectivity index (χ3v) is 3.55. The second kappa shape index (κ2) is 5.98. The van der Waals surface area contributed by atoms with Crippen LogP contribution in [0.1, 0.15) is 36.9 Å². The zero-order chi connectivity index (χ0) is 12.9. The van der Waals surface area contributed by atoms with E-state index in [2.05, 4.69) is 20.8 Å². The zero-order valence-corrected chi connectivity index (χ0v) is 11.2. The van der Waals surface area contributed by atoms with Gasteiger partial charge in [-0.3, -0.25) is 0 Å². The Balaban J connectivity index is 2.54. The molecule has 0 bridgehead atoms. The number of carbonyl (C=O) groups is 1. The molecule has 0 saturated carbocycles. The average molecular weight is 254 g/mol. The van der Waals surface area contributed by atoms with Crippen molar-refractivity contribution in [3.63, 3.8) is 0 Å². The van der Waals surface area contributed by atoms with Crippen LogP contribution in [0.3, 0.4) is 0 Å². The largest absolute Gasteiger partial charge is 0.478 e. The van der Waals surface area contributed by atoms with Crippen molar-refractivity contribution in [2.75, 3.05) is 0 Å². The van der Waals surface area contributed by atoms with Gasteiger partial charge in [0.2, 0.25) is 0 Å². The first-order valence-corrected chi connectivity index (χ1v) is 6.38. The van der Waals surface area contributed by atoms with Crippen molar-refractivity contribution in [1.82, 2.24) is 0 Å². The number of ether oxygens (including phenoxy) is 1. The van der Waals surface area contributed by atoms with E-state index in [0.29, 0.717) is 6.61 Å². The number of aliphatic carboxylic acids is 1. The van der Waals surface area contributed by atoms with Crippen LogP contribution >= 0.6 is 11.3 Å².